The molecule has 1 N–H and O–H groups in total. The summed E-state index contributed by atoms with van der Waals surface area (Å²) in [6.07, 6.45) is 3.20. The van der Waals surface area contributed by atoms with Gasteiger partial charge in [0.15, 0.2) is 0 Å². The molecule has 0 radical (unpaired) electrons. The van der Waals surface area contributed by atoms with Gasteiger partial charge in [-0.1, -0.05) is 40.2 Å². The zero-order chi connectivity index (χ0) is 19.3. The zero-order valence-electron chi connectivity index (χ0n) is 15.7. The highest BCUT2D eigenvalue weighted by Crippen LogP contribution is 2.20. The number of imidazole rings is 1. The summed E-state index contributed by atoms with van der Waals surface area (Å²) in [5.74, 6) is 1.06. The van der Waals surface area contributed by atoms with Crippen LogP contribution in [0.15, 0.2) is 53.0 Å². The fraction of sp³-hybridized carbons (Fsp3) is 0.364. The lowest BCUT2D eigenvalue weighted by Crippen LogP contribution is -2.34. The van der Waals surface area contributed by atoms with Crippen molar-refractivity contribution in [3.05, 3.63) is 64.4 Å². The fourth-order valence-corrected chi connectivity index (χ4v) is 4.11. The van der Waals surface area contributed by atoms with Crippen LogP contribution in [0, 0.1) is 0 Å². The van der Waals surface area contributed by atoms with Crippen LogP contribution in [-0.2, 0) is 22.5 Å². The Hall–Kier alpha value is -2.18. The molecule has 0 saturated carbocycles. The normalized spacial score (nSPS) is 16.5. The van der Waals surface area contributed by atoms with Gasteiger partial charge in [0.05, 0.1) is 11.0 Å². The number of nitrogens with one attached hydrogen (secondary N) is 1. The number of para-hydroxylation sites is 2. The van der Waals surface area contributed by atoms with Crippen LogP contribution in [0.2, 0.25) is 0 Å². The highest BCUT2D eigenvalue weighted by Gasteiger charge is 2.22. The summed E-state index contributed by atoms with van der Waals surface area (Å²) in [5, 5.41) is 3.00. The molecule has 0 bridgehead atoms. The second-order valence-electron chi connectivity index (χ2n) is 7.13. The number of hydrogen-bond donors (Lipinski definition) is 1. The van der Waals surface area contributed by atoms with E-state index in [9.17, 15) is 4.79 Å². The predicted octanol–water partition coefficient (Wildman–Crippen LogP) is 4.07. The summed E-state index contributed by atoms with van der Waals surface area (Å²) in [6.45, 7) is 2.11. The number of carbonyl (C=O) groups is 1. The Morgan fingerprint density at radius 2 is 2.14 bits per heavy atom. The summed E-state index contributed by atoms with van der Waals surface area (Å²) < 4.78 is 8.79. The first-order valence-electron chi connectivity index (χ1n) is 9.78. The van der Waals surface area contributed by atoms with Gasteiger partial charge in [0, 0.05) is 30.6 Å². The number of hydrogen-bond acceptors (Lipinski definition) is 3. The Kier molecular flexibility index (Phi) is 6.07. The number of aryl methyl sites for hydroxylation is 1. The van der Waals surface area contributed by atoms with Gasteiger partial charge in [-0.3, -0.25) is 4.79 Å². The average Bonchev–Trinajstić information content (AvgIpc) is 3.34. The van der Waals surface area contributed by atoms with E-state index in [1.165, 1.54) is 5.56 Å². The van der Waals surface area contributed by atoms with Crippen LogP contribution in [0.4, 0.5) is 0 Å². The third kappa shape index (κ3) is 4.45. The van der Waals surface area contributed by atoms with Gasteiger partial charge < -0.3 is 14.6 Å². The molecule has 2 heterocycles. The third-order valence-electron chi connectivity index (χ3n) is 5.06. The molecule has 0 aliphatic carbocycles. The van der Waals surface area contributed by atoms with Crippen LogP contribution in [0.5, 0.6) is 0 Å². The molecule has 1 saturated heterocycles. The largest absolute Gasteiger partial charge is 0.368 e. The van der Waals surface area contributed by atoms with E-state index in [4.69, 9.17) is 9.72 Å². The average molecular weight is 442 g/mol. The maximum absolute atomic E-state index is 12.1. The van der Waals surface area contributed by atoms with Crippen molar-refractivity contribution in [2.24, 2.45) is 0 Å². The molecule has 1 unspecified atom stereocenters. The van der Waals surface area contributed by atoms with Crippen molar-refractivity contribution in [1.29, 1.82) is 0 Å². The number of halogens is 1. The lowest BCUT2D eigenvalue weighted by Gasteiger charge is -2.12. The van der Waals surface area contributed by atoms with E-state index in [1.807, 2.05) is 18.2 Å². The predicted molar refractivity (Wildman–Crippen MR) is 113 cm³/mol. The van der Waals surface area contributed by atoms with Gasteiger partial charge in [-0.25, -0.2) is 4.98 Å². The van der Waals surface area contributed by atoms with Crippen molar-refractivity contribution >= 4 is 32.9 Å². The summed E-state index contributed by atoms with van der Waals surface area (Å²) >= 11 is 3.55. The topological polar surface area (TPSA) is 56.2 Å². The van der Waals surface area contributed by atoms with Gasteiger partial charge in [-0.2, -0.15) is 0 Å². The van der Waals surface area contributed by atoms with Gasteiger partial charge in [0.2, 0.25) is 5.91 Å². The van der Waals surface area contributed by atoms with Crippen molar-refractivity contribution in [3.8, 4) is 0 Å². The van der Waals surface area contributed by atoms with Gasteiger partial charge in [-0.05, 0) is 49.1 Å². The minimum atomic E-state index is -0.263. The van der Waals surface area contributed by atoms with E-state index in [-0.39, 0.29) is 12.0 Å². The Bertz CT molecular complexity index is 963. The number of amides is 1. The summed E-state index contributed by atoms with van der Waals surface area (Å²) in [7, 11) is 0. The Balaban J connectivity index is 1.44. The Labute approximate surface area is 173 Å². The van der Waals surface area contributed by atoms with E-state index in [0.29, 0.717) is 13.2 Å². The SMILES string of the molecule is O=C(NCCCc1nc2ccccc2n1Cc1cccc(Br)c1)C1CCCO1. The minimum Gasteiger partial charge on any atom is -0.368 e. The van der Waals surface area contributed by atoms with Crippen LogP contribution in [0.1, 0.15) is 30.7 Å². The number of fused-ring (bicyclic) bond motifs is 1. The van der Waals surface area contributed by atoms with Crippen molar-refractivity contribution in [3.63, 3.8) is 0 Å². The monoisotopic (exact) mass is 441 g/mol. The molecule has 1 aliphatic heterocycles. The third-order valence-corrected chi connectivity index (χ3v) is 5.56. The van der Waals surface area contributed by atoms with Gasteiger partial charge in [-0.15, -0.1) is 0 Å². The first-order valence-corrected chi connectivity index (χ1v) is 10.6. The quantitative estimate of drug-likeness (QED) is 0.562. The van der Waals surface area contributed by atoms with E-state index in [0.717, 1.165) is 53.6 Å². The zero-order valence-corrected chi connectivity index (χ0v) is 17.3. The molecule has 2 aromatic carbocycles. The van der Waals surface area contributed by atoms with Gasteiger partial charge >= 0.3 is 0 Å². The minimum absolute atomic E-state index is 0.0140. The Morgan fingerprint density at radius 3 is 2.96 bits per heavy atom. The first kappa shape index (κ1) is 19.2. The molecule has 1 amide bonds. The number of rotatable bonds is 7. The number of nitrogens with zero attached hydrogens (tertiary/aromatic N) is 2. The van der Waals surface area contributed by atoms with E-state index >= 15 is 0 Å². The first-order chi connectivity index (χ1) is 13.7. The standard InChI is InChI=1S/C22H24BrN3O2/c23-17-7-3-6-16(14-17)15-26-19-9-2-1-8-18(19)25-21(26)11-4-12-24-22(27)20-10-5-13-28-20/h1-3,6-9,14,20H,4-5,10-13,15H2,(H,24,27). The second kappa shape index (κ2) is 8.88. The molecule has 3 aromatic rings. The highest BCUT2D eigenvalue weighted by molar-refractivity contribution is 9.10. The van der Waals surface area contributed by atoms with Crippen LogP contribution in [-0.4, -0.2) is 34.7 Å². The van der Waals surface area contributed by atoms with Crippen molar-refractivity contribution in [1.82, 2.24) is 14.9 Å². The summed E-state index contributed by atoms with van der Waals surface area (Å²) in [6, 6.07) is 16.6. The molecule has 6 heteroatoms. The molecule has 28 heavy (non-hydrogen) atoms. The maximum atomic E-state index is 12.1. The molecular weight excluding hydrogens is 418 g/mol. The molecule has 0 spiro atoms. The molecule has 1 fully saturated rings. The fourth-order valence-electron chi connectivity index (χ4n) is 3.67. The van der Waals surface area contributed by atoms with E-state index in [2.05, 4.69) is 56.1 Å². The summed E-state index contributed by atoms with van der Waals surface area (Å²) in [4.78, 5) is 16.9. The smallest absolute Gasteiger partial charge is 0.249 e. The summed E-state index contributed by atoms with van der Waals surface area (Å²) in [5.41, 5.74) is 3.38. The van der Waals surface area contributed by atoms with Crippen LogP contribution in [0.3, 0.4) is 0 Å². The van der Waals surface area contributed by atoms with E-state index < -0.39 is 0 Å². The van der Waals surface area contributed by atoms with Crippen molar-refractivity contribution < 1.29 is 9.53 Å². The number of benzene rings is 2. The second-order valence-corrected chi connectivity index (χ2v) is 8.04. The Morgan fingerprint density at radius 1 is 1.25 bits per heavy atom. The van der Waals surface area contributed by atoms with Crippen molar-refractivity contribution in [2.45, 2.75) is 38.3 Å². The van der Waals surface area contributed by atoms with Crippen LogP contribution < -0.4 is 5.32 Å². The lowest BCUT2D eigenvalue weighted by atomic mass is 10.2. The molecular formula is C22H24BrN3O2. The van der Waals surface area contributed by atoms with Gasteiger partial charge in [0.25, 0.3) is 0 Å². The number of aromatic nitrogens is 2. The lowest BCUT2D eigenvalue weighted by molar-refractivity contribution is -0.130. The number of carbonyl (C=O) groups excluding carboxylic acids is 1. The highest BCUT2D eigenvalue weighted by atomic mass is 79.9. The number of ether oxygens (including phenoxy) is 1. The van der Waals surface area contributed by atoms with Crippen molar-refractivity contribution in [2.75, 3.05) is 13.2 Å². The van der Waals surface area contributed by atoms with Crippen LogP contribution >= 0.6 is 15.9 Å². The molecule has 5 nitrogen and oxygen atoms in total. The molecule has 1 atom stereocenters. The maximum Gasteiger partial charge on any atom is 0.249 e. The molecule has 1 aromatic heterocycles. The van der Waals surface area contributed by atoms with Gasteiger partial charge in [0.1, 0.15) is 11.9 Å². The van der Waals surface area contributed by atoms with Crippen LogP contribution in [0.25, 0.3) is 11.0 Å². The molecule has 146 valence electrons. The molecule has 4 rings (SSSR count). The van der Waals surface area contributed by atoms with E-state index in [1.54, 1.807) is 0 Å². The molecule has 1 aliphatic rings.